The topological polar surface area (TPSA) is 73.6 Å². The van der Waals surface area contributed by atoms with Gasteiger partial charge in [-0.25, -0.2) is 0 Å². The fourth-order valence-electron chi connectivity index (χ4n) is 4.28. The summed E-state index contributed by atoms with van der Waals surface area (Å²) in [6.07, 6.45) is 4.94. The summed E-state index contributed by atoms with van der Waals surface area (Å²) in [5, 5.41) is 15.5. The van der Waals surface area contributed by atoms with E-state index >= 15 is 0 Å². The molecular weight excluding hydrogens is 368 g/mol. The van der Waals surface area contributed by atoms with Crippen LogP contribution in [0.15, 0.2) is 42.5 Å². The Hall–Kier alpha value is -2.73. The Morgan fingerprint density at radius 3 is 2.74 bits per heavy atom. The van der Waals surface area contributed by atoms with Gasteiger partial charge in [-0.1, -0.05) is 35.9 Å². The number of hydrogen-bond acceptors (Lipinski definition) is 5. The van der Waals surface area contributed by atoms with E-state index in [1.165, 1.54) is 6.07 Å². The molecule has 0 spiro atoms. The van der Waals surface area contributed by atoms with Crippen molar-refractivity contribution in [1.82, 2.24) is 0 Å². The number of allylic oxidation sites excluding steroid dienone is 2. The highest BCUT2D eigenvalue weighted by Crippen LogP contribution is 2.55. The summed E-state index contributed by atoms with van der Waals surface area (Å²) in [6.45, 7) is 0. The van der Waals surface area contributed by atoms with Crippen LogP contribution in [0, 0.1) is 16.0 Å². The monoisotopic (exact) mass is 386 g/mol. The Kier molecular flexibility index (Phi) is 4.44. The van der Waals surface area contributed by atoms with Gasteiger partial charge < -0.3 is 14.8 Å². The molecule has 2 aromatic carbocycles. The molecule has 0 radical (unpaired) electrons. The summed E-state index contributed by atoms with van der Waals surface area (Å²) in [4.78, 5) is 11.2. The number of para-hydroxylation sites is 1. The highest BCUT2D eigenvalue weighted by atomic mass is 35.5. The fourth-order valence-corrected chi connectivity index (χ4v) is 4.50. The standard InChI is InChI=1S/C20H19ClN2O4/c1-26-16-8-4-7-13(20(16)27-2)18-12-6-3-5-11(12)17-15(23(24)25)10-9-14(21)19(17)22-18/h3-5,7-12,18,22H,6H2,1-2H3/t11-,12+,18-/m1/s1. The quantitative estimate of drug-likeness (QED) is 0.450. The van der Waals surface area contributed by atoms with Gasteiger partial charge in [0.2, 0.25) is 0 Å². The van der Waals surface area contributed by atoms with Crippen LogP contribution >= 0.6 is 11.6 Å². The van der Waals surface area contributed by atoms with Crippen LogP contribution in [0.5, 0.6) is 11.5 Å². The largest absolute Gasteiger partial charge is 0.493 e. The molecule has 7 heteroatoms. The summed E-state index contributed by atoms with van der Waals surface area (Å²) in [5.74, 6) is 1.35. The van der Waals surface area contributed by atoms with Gasteiger partial charge in [0.15, 0.2) is 11.5 Å². The molecule has 140 valence electrons. The predicted octanol–water partition coefficient (Wildman–Crippen LogP) is 5.09. The van der Waals surface area contributed by atoms with E-state index in [2.05, 4.69) is 11.4 Å². The maximum Gasteiger partial charge on any atom is 0.275 e. The first-order valence-electron chi connectivity index (χ1n) is 8.67. The van der Waals surface area contributed by atoms with Crippen LogP contribution < -0.4 is 14.8 Å². The van der Waals surface area contributed by atoms with Crippen LogP contribution in [0.25, 0.3) is 0 Å². The van der Waals surface area contributed by atoms with Crippen molar-refractivity contribution in [2.24, 2.45) is 5.92 Å². The normalized spacial score (nSPS) is 22.6. The lowest BCUT2D eigenvalue weighted by Gasteiger charge is -2.38. The molecule has 4 rings (SSSR count). The van der Waals surface area contributed by atoms with Gasteiger partial charge in [0, 0.05) is 17.5 Å². The van der Waals surface area contributed by atoms with Crippen molar-refractivity contribution in [2.75, 3.05) is 19.5 Å². The number of nitro groups is 1. The number of hydrogen-bond donors (Lipinski definition) is 1. The Morgan fingerprint density at radius 1 is 1.22 bits per heavy atom. The van der Waals surface area contributed by atoms with Gasteiger partial charge in [-0.15, -0.1) is 0 Å². The van der Waals surface area contributed by atoms with E-state index in [-0.39, 0.29) is 28.5 Å². The average Bonchev–Trinajstić information content (AvgIpc) is 3.16. The number of halogens is 1. The van der Waals surface area contributed by atoms with Crippen molar-refractivity contribution < 1.29 is 14.4 Å². The van der Waals surface area contributed by atoms with Crippen molar-refractivity contribution >= 4 is 23.0 Å². The first-order valence-corrected chi connectivity index (χ1v) is 9.05. The van der Waals surface area contributed by atoms with Crippen molar-refractivity contribution in [1.29, 1.82) is 0 Å². The van der Waals surface area contributed by atoms with E-state index in [9.17, 15) is 10.1 Å². The minimum Gasteiger partial charge on any atom is -0.493 e. The van der Waals surface area contributed by atoms with E-state index < -0.39 is 0 Å². The number of rotatable bonds is 4. The molecule has 1 aliphatic carbocycles. The van der Waals surface area contributed by atoms with Gasteiger partial charge in [-0.3, -0.25) is 10.1 Å². The molecule has 0 bridgehead atoms. The molecule has 2 aliphatic rings. The Balaban J connectivity index is 1.89. The van der Waals surface area contributed by atoms with Gasteiger partial charge in [0.05, 0.1) is 41.5 Å². The van der Waals surface area contributed by atoms with Crippen molar-refractivity contribution in [2.45, 2.75) is 18.4 Å². The SMILES string of the molecule is COc1cccc([C@@H]2Nc3c(Cl)ccc([N+](=O)[O-])c3[C@@H]3C=CC[C@@H]32)c1OC. The van der Waals surface area contributed by atoms with E-state index in [0.29, 0.717) is 27.8 Å². The number of nitro benzene ring substituents is 1. The molecular formula is C20H19ClN2O4. The molecule has 2 aromatic rings. The zero-order valence-corrected chi connectivity index (χ0v) is 15.7. The van der Waals surface area contributed by atoms with Crippen LogP contribution in [0.4, 0.5) is 11.4 Å². The molecule has 1 N–H and O–H groups in total. The van der Waals surface area contributed by atoms with Crippen LogP contribution in [-0.4, -0.2) is 19.1 Å². The summed E-state index contributed by atoms with van der Waals surface area (Å²) >= 11 is 6.43. The van der Waals surface area contributed by atoms with Crippen molar-refractivity contribution in [3.8, 4) is 11.5 Å². The molecule has 0 fully saturated rings. The van der Waals surface area contributed by atoms with Crippen molar-refractivity contribution in [3.63, 3.8) is 0 Å². The van der Waals surface area contributed by atoms with E-state index in [4.69, 9.17) is 21.1 Å². The lowest BCUT2D eigenvalue weighted by Crippen LogP contribution is -2.30. The van der Waals surface area contributed by atoms with Gasteiger partial charge in [0.25, 0.3) is 5.69 Å². The third-order valence-electron chi connectivity index (χ3n) is 5.41. The first kappa shape index (κ1) is 17.7. The van der Waals surface area contributed by atoms with E-state index in [1.54, 1.807) is 20.3 Å². The van der Waals surface area contributed by atoms with Crippen LogP contribution in [0.2, 0.25) is 5.02 Å². The highest BCUT2D eigenvalue weighted by molar-refractivity contribution is 6.33. The van der Waals surface area contributed by atoms with Crippen molar-refractivity contribution in [3.05, 3.63) is 68.7 Å². The Bertz CT molecular complexity index is 944. The van der Waals surface area contributed by atoms with Crippen LogP contribution in [0.1, 0.15) is 29.5 Å². The number of nitrogens with zero attached hydrogens (tertiary/aromatic N) is 1. The molecule has 0 aromatic heterocycles. The predicted molar refractivity (Wildman–Crippen MR) is 104 cm³/mol. The maximum atomic E-state index is 11.6. The highest BCUT2D eigenvalue weighted by Gasteiger charge is 2.43. The number of ether oxygens (including phenoxy) is 2. The summed E-state index contributed by atoms with van der Waals surface area (Å²) in [5.41, 5.74) is 2.32. The molecule has 1 heterocycles. The van der Waals surface area contributed by atoms with Crippen LogP contribution in [0.3, 0.4) is 0 Å². The second-order valence-corrected chi connectivity index (χ2v) is 7.08. The van der Waals surface area contributed by atoms with Gasteiger partial charge in [-0.2, -0.15) is 0 Å². The van der Waals surface area contributed by atoms with Crippen LogP contribution in [-0.2, 0) is 0 Å². The molecule has 0 amide bonds. The number of fused-ring (bicyclic) bond motifs is 3. The minimum absolute atomic E-state index is 0.0822. The summed E-state index contributed by atoms with van der Waals surface area (Å²) in [7, 11) is 3.21. The average molecular weight is 387 g/mol. The Labute approximate surface area is 161 Å². The summed E-state index contributed by atoms with van der Waals surface area (Å²) in [6, 6.07) is 8.71. The Morgan fingerprint density at radius 2 is 2.04 bits per heavy atom. The number of anilines is 1. The lowest BCUT2D eigenvalue weighted by molar-refractivity contribution is -0.385. The minimum atomic E-state index is -0.341. The smallest absolute Gasteiger partial charge is 0.275 e. The second-order valence-electron chi connectivity index (χ2n) is 6.67. The van der Waals surface area contributed by atoms with Gasteiger partial charge in [0.1, 0.15) is 0 Å². The van der Waals surface area contributed by atoms with E-state index in [0.717, 1.165) is 12.0 Å². The zero-order chi connectivity index (χ0) is 19.1. The van der Waals surface area contributed by atoms with Gasteiger partial charge >= 0.3 is 0 Å². The third kappa shape index (κ3) is 2.72. The second kappa shape index (κ2) is 6.78. The molecule has 1 aliphatic heterocycles. The fraction of sp³-hybridized carbons (Fsp3) is 0.300. The number of benzene rings is 2. The molecule has 0 unspecified atom stereocenters. The first-order chi connectivity index (χ1) is 13.1. The molecule has 0 saturated carbocycles. The molecule has 3 atom stereocenters. The third-order valence-corrected chi connectivity index (χ3v) is 5.73. The number of nitrogens with one attached hydrogen (secondary N) is 1. The maximum absolute atomic E-state index is 11.6. The van der Waals surface area contributed by atoms with Gasteiger partial charge in [-0.05, 0) is 24.5 Å². The molecule has 27 heavy (non-hydrogen) atoms. The van der Waals surface area contributed by atoms with E-state index in [1.807, 2.05) is 24.3 Å². The molecule has 6 nitrogen and oxygen atoms in total. The summed E-state index contributed by atoms with van der Waals surface area (Å²) < 4.78 is 11.1. The molecule has 0 saturated heterocycles. The number of methoxy groups -OCH3 is 2. The zero-order valence-electron chi connectivity index (χ0n) is 14.9. The lowest BCUT2D eigenvalue weighted by atomic mass is 9.76.